The molecule has 4 heterocycles. The fraction of sp³-hybridized carbons (Fsp3) is 0.577. The number of alkyl halides is 3. The molecule has 0 aromatic carbocycles. The van der Waals surface area contributed by atoms with Gasteiger partial charge in [-0.15, -0.1) is 5.12 Å². The minimum atomic E-state index is -4.63. The van der Waals surface area contributed by atoms with Gasteiger partial charge in [0.2, 0.25) is 5.28 Å². The van der Waals surface area contributed by atoms with E-state index in [1.807, 2.05) is 11.8 Å². The lowest BCUT2D eigenvalue weighted by molar-refractivity contribution is -0.140. The van der Waals surface area contributed by atoms with Crippen LogP contribution in [0.5, 0.6) is 0 Å². The van der Waals surface area contributed by atoms with E-state index in [4.69, 9.17) is 16.3 Å². The Bertz CT molecular complexity index is 1540. The van der Waals surface area contributed by atoms with Crippen LogP contribution in [0.2, 0.25) is 5.28 Å². The number of amides is 2. The second-order valence-electron chi connectivity index (χ2n) is 12.3. The van der Waals surface area contributed by atoms with Crippen molar-refractivity contribution in [1.29, 1.82) is 0 Å². The lowest BCUT2D eigenvalue weighted by Crippen LogP contribution is -2.67. The van der Waals surface area contributed by atoms with E-state index in [9.17, 15) is 33.0 Å². The number of carboxylic acid groups (broad SMARTS) is 2. The molecule has 3 aromatic heterocycles. The van der Waals surface area contributed by atoms with E-state index in [1.54, 1.807) is 41.5 Å². The summed E-state index contributed by atoms with van der Waals surface area (Å²) in [6.07, 6.45) is -5.13. The minimum absolute atomic E-state index is 0.0638. The average Bonchev–Trinajstić information content (AvgIpc) is 3.19. The van der Waals surface area contributed by atoms with Gasteiger partial charge in [0.1, 0.15) is 6.54 Å². The molecule has 0 radical (unpaired) electrons. The quantitative estimate of drug-likeness (QED) is 0.272. The molecule has 2 amide bonds. The number of ether oxygens (including phenoxy) is 1. The predicted octanol–water partition coefficient (Wildman–Crippen LogP) is 4.92. The summed E-state index contributed by atoms with van der Waals surface area (Å²) in [7, 11) is 0. The second-order valence-corrected chi connectivity index (χ2v) is 12.7. The van der Waals surface area contributed by atoms with Crippen molar-refractivity contribution in [2.24, 2.45) is 0 Å². The number of anilines is 2. The van der Waals surface area contributed by atoms with Crippen molar-refractivity contribution < 1.29 is 37.7 Å². The maximum Gasteiger partial charge on any atom is 0.428 e. The Morgan fingerprint density at radius 2 is 1.56 bits per heavy atom. The van der Waals surface area contributed by atoms with Crippen LogP contribution in [0, 0.1) is 0 Å². The number of rotatable bonds is 6. The van der Waals surface area contributed by atoms with Crippen molar-refractivity contribution >= 4 is 46.7 Å². The highest BCUT2D eigenvalue weighted by Crippen LogP contribution is 2.34. The van der Waals surface area contributed by atoms with Crippen LogP contribution in [-0.4, -0.2) is 105 Å². The molecule has 45 heavy (non-hydrogen) atoms. The number of carbonyl (C=O) groups is 2. The molecule has 0 unspecified atom stereocenters. The van der Waals surface area contributed by atoms with Crippen LogP contribution in [0.1, 0.15) is 48.5 Å². The lowest BCUT2D eigenvalue weighted by atomic mass is 10.1. The van der Waals surface area contributed by atoms with Crippen LogP contribution in [0.4, 0.5) is 34.5 Å². The topological polar surface area (TPSA) is 166 Å². The van der Waals surface area contributed by atoms with E-state index in [-0.39, 0.29) is 40.4 Å². The van der Waals surface area contributed by atoms with Crippen molar-refractivity contribution in [3.8, 4) is 11.4 Å². The normalized spacial score (nSPS) is 16.2. The maximum atomic E-state index is 13.5. The first-order valence-corrected chi connectivity index (χ1v) is 14.1. The summed E-state index contributed by atoms with van der Waals surface area (Å²) in [5.41, 5.74) is -2.26. The van der Waals surface area contributed by atoms with Crippen molar-refractivity contribution in [2.45, 2.75) is 78.3 Å². The molecule has 2 N–H and O–H groups in total. The monoisotopic (exact) mass is 658 g/mol. The molecule has 1 aliphatic heterocycles. The first kappa shape index (κ1) is 33.7. The second kappa shape index (κ2) is 12.0. The Morgan fingerprint density at radius 3 is 2.02 bits per heavy atom. The lowest BCUT2D eigenvalue weighted by Gasteiger charge is -2.48. The van der Waals surface area contributed by atoms with E-state index < -0.39 is 41.3 Å². The zero-order chi connectivity index (χ0) is 33.6. The molecule has 19 heteroatoms. The summed E-state index contributed by atoms with van der Waals surface area (Å²) in [5, 5.41) is 22.2. The minimum Gasteiger partial charge on any atom is -0.464 e. The first-order valence-electron chi connectivity index (χ1n) is 13.7. The number of fused-ring (bicyclic) bond motifs is 1. The van der Waals surface area contributed by atoms with Gasteiger partial charge in [0.25, 0.3) is 5.95 Å². The van der Waals surface area contributed by atoms with Gasteiger partial charge in [0.15, 0.2) is 22.8 Å². The zero-order valence-corrected chi connectivity index (χ0v) is 26.4. The van der Waals surface area contributed by atoms with Gasteiger partial charge in [-0.25, -0.2) is 34.5 Å². The summed E-state index contributed by atoms with van der Waals surface area (Å²) >= 11 is 6.16. The number of hydrogen-bond acceptors (Lipinski definition) is 10. The van der Waals surface area contributed by atoms with Crippen molar-refractivity contribution in [1.82, 2.24) is 39.5 Å². The van der Waals surface area contributed by atoms with Gasteiger partial charge in [-0.05, 0) is 60.1 Å². The molecule has 0 bridgehead atoms. The van der Waals surface area contributed by atoms with Crippen LogP contribution in [0.25, 0.3) is 22.6 Å². The van der Waals surface area contributed by atoms with Gasteiger partial charge in [-0.1, -0.05) is 0 Å². The average molecular weight is 659 g/mol. The van der Waals surface area contributed by atoms with E-state index in [2.05, 4.69) is 24.9 Å². The number of hydrazine groups is 2. The highest BCUT2D eigenvalue weighted by Gasteiger charge is 2.44. The summed E-state index contributed by atoms with van der Waals surface area (Å²) in [5.74, 6) is -0.151. The summed E-state index contributed by atoms with van der Waals surface area (Å²) < 4.78 is 46.8. The molecule has 15 nitrogen and oxygen atoms in total. The third kappa shape index (κ3) is 7.06. The smallest absolute Gasteiger partial charge is 0.428 e. The standard InChI is InChI=1S/C26H34ClF3N10O5/c1-14-12-45-9-8-36(14)18-16-19(37(20(27)33-16)13-26(28,29)30)35-17(34-18)15-10-31-21(32-11-15)40(38(22(41)42)24(2,3)4)39(23(43)44)25(5,6)7/h10-11,14H,8-9,12-13H2,1-7H3,(H,41,42)(H,43,44)/t14-/m0/s1. The third-order valence-electron chi connectivity index (χ3n) is 6.59. The van der Waals surface area contributed by atoms with E-state index in [0.29, 0.717) is 19.8 Å². The van der Waals surface area contributed by atoms with E-state index in [0.717, 1.165) is 19.7 Å². The predicted molar refractivity (Wildman–Crippen MR) is 157 cm³/mol. The summed E-state index contributed by atoms with van der Waals surface area (Å²) in [4.78, 5) is 48.4. The molecule has 1 atom stereocenters. The van der Waals surface area contributed by atoms with Gasteiger partial charge in [-0.3, -0.25) is 4.57 Å². The number of aromatic nitrogens is 6. The Balaban J connectivity index is 1.91. The molecular weight excluding hydrogens is 625 g/mol. The van der Waals surface area contributed by atoms with Crippen molar-refractivity contribution in [3.63, 3.8) is 0 Å². The third-order valence-corrected chi connectivity index (χ3v) is 6.88. The van der Waals surface area contributed by atoms with Gasteiger partial charge in [0, 0.05) is 18.9 Å². The number of morpholine rings is 1. The SMILES string of the molecule is C[C@H]1COCCN1c1nc(-c2cnc(N(N(C(=O)O)C(C)(C)C)N(C(=O)O)C(C)(C)C)nc2)nc2c1nc(Cl)n2CC(F)(F)F. The number of imidazole rings is 1. The summed E-state index contributed by atoms with van der Waals surface area (Å²) in [6.45, 7) is 10.9. The zero-order valence-electron chi connectivity index (χ0n) is 25.7. The molecule has 1 saturated heterocycles. The Kier molecular flexibility index (Phi) is 8.96. The number of nitrogens with zero attached hydrogens (tertiary/aromatic N) is 10. The summed E-state index contributed by atoms with van der Waals surface area (Å²) in [6, 6.07) is -0.206. The molecule has 246 valence electrons. The molecular formula is C26H34ClF3N10O5. The van der Waals surface area contributed by atoms with Gasteiger partial charge < -0.3 is 19.8 Å². The molecule has 0 spiro atoms. The van der Waals surface area contributed by atoms with Crippen molar-refractivity contribution in [2.75, 3.05) is 29.8 Å². The van der Waals surface area contributed by atoms with Crippen LogP contribution >= 0.6 is 11.6 Å². The van der Waals surface area contributed by atoms with E-state index >= 15 is 0 Å². The van der Waals surface area contributed by atoms with Crippen LogP contribution < -0.4 is 10.0 Å². The highest BCUT2D eigenvalue weighted by atomic mass is 35.5. The van der Waals surface area contributed by atoms with Crippen LogP contribution in [0.15, 0.2) is 12.4 Å². The molecule has 1 fully saturated rings. The highest BCUT2D eigenvalue weighted by molar-refractivity contribution is 6.29. The molecule has 3 aromatic rings. The maximum absolute atomic E-state index is 13.5. The molecule has 4 rings (SSSR count). The van der Waals surface area contributed by atoms with Crippen molar-refractivity contribution in [3.05, 3.63) is 17.7 Å². The van der Waals surface area contributed by atoms with Crippen LogP contribution in [-0.2, 0) is 11.3 Å². The number of halogens is 4. The molecule has 0 aliphatic carbocycles. The largest absolute Gasteiger partial charge is 0.464 e. The Labute approximate surface area is 261 Å². The van der Waals surface area contributed by atoms with Crippen LogP contribution in [0.3, 0.4) is 0 Å². The Hall–Kier alpha value is -4.19. The van der Waals surface area contributed by atoms with Gasteiger partial charge in [-0.2, -0.15) is 23.2 Å². The molecule has 0 saturated carbocycles. The fourth-order valence-electron chi connectivity index (χ4n) is 4.76. The first-order chi connectivity index (χ1) is 20.7. The molecule has 1 aliphatic rings. The Morgan fingerprint density at radius 1 is 1.00 bits per heavy atom. The van der Waals surface area contributed by atoms with Gasteiger partial charge >= 0.3 is 18.4 Å². The fourth-order valence-corrected chi connectivity index (χ4v) is 4.99. The van der Waals surface area contributed by atoms with E-state index in [1.165, 1.54) is 12.4 Å². The van der Waals surface area contributed by atoms with Gasteiger partial charge in [0.05, 0.1) is 35.9 Å². The number of hydrogen-bond donors (Lipinski definition) is 2.